The van der Waals surface area contributed by atoms with E-state index in [0.29, 0.717) is 61.5 Å². The SMILES string of the molecule is NC(C(=O)NCCOCCOCCOCCOC[C@H](NC(=O)CCCCNc1ccccn1)C(=O)NC(CC(=O)O)c1cc(Cl)cc(Cl)c1)C(N)C(=O)NCCOCCOCCOCCOC[C@H](NC(=O)CCCCNc1ccccn1)C(=O)NC(CC(=O)O)c1cc(Cl)cc(Cl)c1. The first kappa shape index (κ1) is 83.3. The van der Waals surface area contributed by atoms with Crippen molar-refractivity contribution in [3.8, 4) is 0 Å². The highest BCUT2D eigenvalue weighted by Gasteiger charge is 2.30. The number of pyridine rings is 2. The molecule has 0 radical (unpaired) electrons. The predicted octanol–water partition coefficient (Wildman–Crippen LogP) is 3.61. The molecule has 4 unspecified atom stereocenters. The molecule has 6 amide bonds. The topological polar surface area (TPSA) is 425 Å². The number of ether oxygens (including phenoxy) is 8. The summed E-state index contributed by atoms with van der Waals surface area (Å²) in [7, 11) is 0. The van der Waals surface area contributed by atoms with Crippen molar-refractivity contribution in [2.45, 2.75) is 87.6 Å². The molecule has 0 bridgehead atoms. The number of hydrogen-bond acceptors (Lipinski definition) is 22. The number of hydrogen-bond donors (Lipinski definition) is 12. The van der Waals surface area contributed by atoms with Crippen molar-refractivity contribution in [3.05, 3.63) is 116 Å². The molecule has 14 N–H and O–H groups in total. The number of aliphatic carboxylic acids is 2. The second kappa shape index (κ2) is 50.2. The van der Waals surface area contributed by atoms with Crippen LogP contribution in [0.4, 0.5) is 11.6 Å². The van der Waals surface area contributed by atoms with E-state index in [2.05, 4.69) is 52.5 Å². The number of aromatic nitrogens is 2. The molecule has 0 spiro atoms. The number of carbonyl (C=O) groups is 8. The zero-order chi connectivity index (χ0) is 71.1. The van der Waals surface area contributed by atoms with Gasteiger partial charge in [0.25, 0.3) is 0 Å². The fourth-order valence-corrected chi connectivity index (χ4v) is 9.90. The molecule has 0 aliphatic heterocycles. The van der Waals surface area contributed by atoms with Crippen molar-refractivity contribution < 1.29 is 86.5 Å². The van der Waals surface area contributed by atoms with Crippen LogP contribution in [0.5, 0.6) is 0 Å². The molecule has 4 rings (SSSR count). The summed E-state index contributed by atoms with van der Waals surface area (Å²) in [5, 5.41) is 42.5. The molecule has 34 heteroatoms. The Morgan fingerprint density at radius 2 is 0.735 bits per heavy atom. The van der Waals surface area contributed by atoms with Gasteiger partial charge in [-0.2, -0.15) is 0 Å². The third-order valence-electron chi connectivity index (χ3n) is 13.8. The summed E-state index contributed by atoms with van der Waals surface area (Å²) >= 11 is 24.7. The zero-order valence-electron chi connectivity index (χ0n) is 54.3. The van der Waals surface area contributed by atoms with Crippen LogP contribution in [-0.4, -0.2) is 224 Å². The van der Waals surface area contributed by atoms with Crippen LogP contribution in [-0.2, 0) is 76.3 Å². The summed E-state index contributed by atoms with van der Waals surface area (Å²) in [6.45, 7) is 3.06. The summed E-state index contributed by atoms with van der Waals surface area (Å²) in [5.74, 6) is -4.43. The van der Waals surface area contributed by atoms with E-state index in [-0.39, 0.29) is 152 Å². The second-order valence-corrected chi connectivity index (χ2v) is 23.4. The average Bonchev–Trinajstić information content (AvgIpc) is 0.866. The maximum atomic E-state index is 13.6. The van der Waals surface area contributed by atoms with Gasteiger partial charge in [0.15, 0.2) is 0 Å². The van der Waals surface area contributed by atoms with Gasteiger partial charge in [-0.1, -0.05) is 58.5 Å². The molecule has 0 aliphatic carbocycles. The van der Waals surface area contributed by atoms with Gasteiger partial charge < -0.3 is 102 Å². The van der Waals surface area contributed by atoms with E-state index in [1.165, 1.54) is 36.4 Å². The van der Waals surface area contributed by atoms with Crippen LogP contribution in [0.15, 0.2) is 85.2 Å². The normalized spacial score (nSPS) is 13.0. The second-order valence-electron chi connectivity index (χ2n) is 21.6. The molecule has 2 aromatic carbocycles. The molecule has 0 saturated heterocycles. The van der Waals surface area contributed by atoms with Gasteiger partial charge in [0.2, 0.25) is 35.4 Å². The maximum Gasteiger partial charge on any atom is 0.305 e. The number of nitrogens with two attached hydrogens (primary N) is 2. The number of halogens is 4. The fraction of sp³-hybridized carbons (Fsp3) is 0.531. The van der Waals surface area contributed by atoms with Gasteiger partial charge in [-0.15, -0.1) is 0 Å². The van der Waals surface area contributed by atoms with Crippen LogP contribution in [0.25, 0.3) is 0 Å². The molecule has 98 heavy (non-hydrogen) atoms. The van der Waals surface area contributed by atoms with Crippen LogP contribution in [0, 0.1) is 0 Å². The lowest BCUT2D eigenvalue weighted by Gasteiger charge is -2.23. The lowest BCUT2D eigenvalue weighted by atomic mass is 10.0. The third-order valence-corrected chi connectivity index (χ3v) is 14.6. The van der Waals surface area contributed by atoms with E-state index in [1.807, 2.05) is 24.3 Å². The van der Waals surface area contributed by atoms with Gasteiger partial charge in [-0.25, -0.2) is 9.97 Å². The Morgan fingerprint density at radius 1 is 0.408 bits per heavy atom. The Hall–Kier alpha value is -7.14. The lowest BCUT2D eigenvalue weighted by Crippen LogP contribution is -2.58. The van der Waals surface area contributed by atoms with Gasteiger partial charge in [0.05, 0.1) is 131 Å². The summed E-state index contributed by atoms with van der Waals surface area (Å²) in [5.41, 5.74) is 12.6. The Kier molecular flexibility index (Phi) is 42.7. The Labute approximate surface area is 588 Å². The molecule has 542 valence electrons. The van der Waals surface area contributed by atoms with Gasteiger partial charge in [-0.05, 0) is 97.5 Å². The van der Waals surface area contributed by atoms with E-state index in [4.69, 9.17) is 95.8 Å². The summed E-state index contributed by atoms with van der Waals surface area (Å²) in [6, 6.07) is 12.8. The third kappa shape index (κ3) is 37.7. The van der Waals surface area contributed by atoms with Gasteiger partial charge in [-0.3, -0.25) is 38.4 Å². The molecule has 0 aliphatic rings. The first-order chi connectivity index (χ1) is 47.3. The fourth-order valence-electron chi connectivity index (χ4n) is 8.82. The van der Waals surface area contributed by atoms with Crippen LogP contribution in [0.2, 0.25) is 20.1 Å². The predicted molar refractivity (Wildman–Crippen MR) is 365 cm³/mol. The number of amides is 6. The van der Waals surface area contributed by atoms with Crippen LogP contribution < -0.4 is 54.0 Å². The monoisotopic (exact) mass is 1450 g/mol. The number of carbonyl (C=O) groups excluding carboxylic acids is 6. The van der Waals surface area contributed by atoms with E-state index in [0.717, 1.165) is 0 Å². The average molecular weight is 1460 g/mol. The van der Waals surface area contributed by atoms with Crippen LogP contribution in [0.3, 0.4) is 0 Å². The van der Waals surface area contributed by atoms with Crippen molar-refractivity contribution in [1.29, 1.82) is 0 Å². The van der Waals surface area contributed by atoms with Crippen molar-refractivity contribution in [3.63, 3.8) is 0 Å². The minimum absolute atomic E-state index is 0.0513. The van der Waals surface area contributed by atoms with Gasteiger partial charge >= 0.3 is 11.9 Å². The van der Waals surface area contributed by atoms with E-state index >= 15 is 0 Å². The van der Waals surface area contributed by atoms with Crippen molar-refractivity contribution in [2.24, 2.45) is 11.5 Å². The van der Waals surface area contributed by atoms with Gasteiger partial charge in [0.1, 0.15) is 35.8 Å². The van der Waals surface area contributed by atoms with E-state index in [9.17, 15) is 48.6 Å². The Balaban J connectivity index is 1.00. The largest absolute Gasteiger partial charge is 0.481 e. The molecule has 6 atom stereocenters. The molecule has 0 fully saturated rings. The zero-order valence-corrected chi connectivity index (χ0v) is 57.4. The minimum atomic E-state index is -1.35. The highest BCUT2D eigenvalue weighted by molar-refractivity contribution is 6.35. The maximum absolute atomic E-state index is 13.6. The lowest BCUT2D eigenvalue weighted by molar-refractivity contribution is -0.139. The highest BCUT2D eigenvalue weighted by atomic mass is 35.5. The number of nitrogens with one attached hydrogen (secondary N) is 8. The van der Waals surface area contributed by atoms with E-state index in [1.54, 1.807) is 24.5 Å². The van der Waals surface area contributed by atoms with Gasteiger partial charge in [0, 0.05) is 71.5 Å². The summed E-state index contributed by atoms with van der Waals surface area (Å²) in [4.78, 5) is 110. The smallest absolute Gasteiger partial charge is 0.305 e. The molecule has 2 heterocycles. The van der Waals surface area contributed by atoms with Crippen molar-refractivity contribution in [1.82, 2.24) is 41.9 Å². The number of nitrogens with zero attached hydrogens (tertiary/aromatic N) is 2. The molecular formula is C64H90Cl4N12O18. The van der Waals surface area contributed by atoms with Crippen LogP contribution in [0.1, 0.15) is 74.6 Å². The van der Waals surface area contributed by atoms with Crippen molar-refractivity contribution >= 4 is 105 Å². The minimum Gasteiger partial charge on any atom is -0.481 e. The molecule has 4 aromatic rings. The molecule has 30 nitrogen and oxygen atoms in total. The molecule has 0 saturated carbocycles. The summed E-state index contributed by atoms with van der Waals surface area (Å²) < 4.78 is 44.6. The number of unbranched alkanes of at least 4 members (excludes halogenated alkanes) is 2. The Bertz CT molecular complexity index is 2780. The number of carboxylic acids is 2. The van der Waals surface area contributed by atoms with Crippen molar-refractivity contribution in [2.75, 3.05) is 143 Å². The number of rotatable bonds is 55. The molecule has 2 aromatic heterocycles. The highest BCUT2D eigenvalue weighted by Crippen LogP contribution is 2.27. The number of benzene rings is 2. The Morgan fingerprint density at radius 3 is 1.05 bits per heavy atom. The first-order valence-electron chi connectivity index (χ1n) is 31.8. The quantitative estimate of drug-likeness (QED) is 0.0281. The number of anilines is 2. The molecular weight excluding hydrogens is 1370 g/mol. The number of carboxylic acid groups (broad SMARTS) is 2. The standard InChI is InChI=1S/C64H90Cl4N12O18/c65-45-33-43(34-46(66)37-45)49(39-57(83)84)79-61(87)51(77-55(81)11-3-7-15-73-53-9-1-5-13-71-53)41-97-31-29-95-27-25-93-23-21-91-19-17-75-63(89)59(69)60(70)64(90)76-18-20-92-22-24-94-26-28-96-30-32-98-42-52(78-56(82)12-4-8-16-74-54-10-2-6-14-72-54)62(88)80-50(40-58(85)86)44-35-47(67)38-48(68)36-44/h1-2,5-6,9-10,13-14,33-38,49-52,59-60H,3-4,7-8,11-12,15-32,39-42,69-70H2,(H,71,73)(H,72,74)(H,75,89)(H,76,90)(H,77,81)(H,78,82)(H,79,87)(H,80,88)(H,83,84)(H,85,86)/t49?,50?,51-,52-,59?,60?/m0/s1. The first-order valence-corrected chi connectivity index (χ1v) is 33.3. The van der Waals surface area contributed by atoms with E-state index < -0.39 is 96.5 Å². The summed E-state index contributed by atoms with van der Waals surface area (Å²) in [6.07, 6.45) is 4.92. The van der Waals surface area contributed by atoms with Crippen LogP contribution >= 0.6 is 46.4 Å².